The maximum absolute atomic E-state index is 11.4. The molecule has 0 radical (unpaired) electrons. The minimum atomic E-state index is 0.0176. The molecule has 6 nitrogen and oxygen atoms in total. The third-order valence-electron chi connectivity index (χ3n) is 2.47. The van der Waals surface area contributed by atoms with Crippen molar-refractivity contribution in [1.82, 2.24) is 15.3 Å². The van der Waals surface area contributed by atoms with Gasteiger partial charge in [0.25, 0.3) is 0 Å². The number of nitrogens with zero attached hydrogens (tertiary/aromatic N) is 3. The summed E-state index contributed by atoms with van der Waals surface area (Å²) in [4.78, 5) is 21.6. The SMILES string of the molecule is NCc1cnc(N2CCCNC(=O)C2)nc1. The fourth-order valence-electron chi connectivity index (χ4n) is 1.59. The molecule has 3 N–H and O–H groups in total. The molecule has 0 unspecified atom stereocenters. The quantitative estimate of drug-likeness (QED) is 0.687. The second-order valence-electron chi connectivity index (χ2n) is 3.72. The lowest BCUT2D eigenvalue weighted by molar-refractivity contribution is -0.119. The van der Waals surface area contributed by atoms with Crippen LogP contribution in [0, 0.1) is 0 Å². The lowest BCUT2D eigenvalue weighted by atomic mass is 10.3. The zero-order chi connectivity index (χ0) is 11.4. The van der Waals surface area contributed by atoms with Crippen molar-refractivity contribution in [1.29, 1.82) is 0 Å². The molecular formula is C10H15N5O. The highest BCUT2D eigenvalue weighted by molar-refractivity contribution is 5.81. The molecule has 0 aromatic carbocycles. The number of hydrogen-bond donors (Lipinski definition) is 2. The van der Waals surface area contributed by atoms with Crippen LogP contribution in [0.5, 0.6) is 0 Å². The Hall–Kier alpha value is -1.69. The van der Waals surface area contributed by atoms with Crippen LogP contribution in [0.4, 0.5) is 5.95 Å². The summed E-state index contributed by atoms with van der Waals surface area (Å²) in [5.41, 5.74) is 6.36. The molecule has 1 aliphatic rings. The Bertz CT molecular complexity index is 364. The molecule has 1 amide bonds. The van der Waals surface area contributed by atoms with E-state index < -0.39 is 0 Å². The molecule has 0 atom stereocenters. The summed E-state index contributed by atoms with van der Waals surface area (Å²) in [6.07, 6.45) is 4.31. The maximum atomic E-state index is 11.4. The van der Waals surface area contributed by atoms with Crippen LogP contribution in [0.15, 0.2) is 12.4 Å². The van der Waals surface area contributed by atoms with Gasteiger partial charge in [0.1, 0.15) is 0 Å². The van der Waals surface area contributed by atoms with E-state index in [4.69, 9.17) is 5.73 Å². The summed E-state index contributed by atoms with van der Waals surface area (Å²) >= 11 is 0. The van der Waals surface area contributed by atoms with Crippen molar-refractivity contribution in [2.75, 3.05) is 24.5 Å². The first kappa shape index (κ1) is 10.8. The number of nitrogens with one attached hydrogen (secondary N) is 1. The zero-order valence-electron chi connectivity index (χ0n) is 9.02. The van der Waals surface area contributed by atoms with Gasteiger partial charge in [-0.3, -0.25) is 4.79 Å². The fraction of sp³-hybridized carbons (Fsp3) is 0.500. The van der Waals surface area contributed by atoms with Crippen molar-refractivity contribution in [3.05, 3.63) is 18.0 Å². The number of rotatable bonds is 2. The molecule has 0 bridgehead atoms. The molecule has 86 valence electrons. The third-order valence-corrected chi connectivity index (χ3v) is 2.47. The standard InChI is InChI=1S/C10H15N5O/c11-4-8-5-13-10(14-6-8)15-3-1-2-12-9(16)7-15/h5-6H,1-4,7,11H2,(H,12,16). The lowest BCUT2D eigenvalue weighted by Crippen LogP contribution is -2.34. The van der Waals surface area contributed by atoms with Crippen molar-refractivity contribution in [2.45, 2.75) is 13.0 Å². The smallest absolute Gasteiger partial charge is 0.239 e. The summed E-state index contributed by atoms with van der Waals surface area (Å²) in [6, 6.07) is 0. The number of hydrogen-bond acceptors (Lipinski definition) is 5. The Morgan fingerprint density at radius 2 is 2.19 bits per heavy atom. The summed E-state index contributed by atoms with van der Waals surface area (Å²) in [5, 5.41) is 2.81. The monoisotopic (exact) mass is 221 g/mol. The van der Waals surface area contributed by atoms with Gasteiger partial charge in [0.2, 0.25) is 11.9 Å². The van der Waals surface area contributed by atoms with Gasteiger partial charge in [-0.1, -0.05) is 0 Å². The van der Waals surface area contributed by atoms with Gasteiger partial charge in [0, 0.05) is 37.6 Å². The van der Waals surface area contributed by atoms with Crippen molar-refractivity contribution in [3.8, 4) is 0 Å². The molecule has 0 aliphatic carbocycles. The largest absolute Gasteiger partial charge is 0.354 e. The number of carbonyl (C=O) groups is 1. The first-order valence-electron chi connectivity index (χ1n) is 5.32. The highest BCUT2D eigenvalue weighted by Gasteiger charge is 2.16. The molecule has 1 aromatic heterocycles. The minimum absolute atomic E-state index is 0.0176. The van der Waals surface area contributed by atoms with Crippen LogP contribution in [0.3, 0.4) is 0 Å². The van der Waals surface area contributed by atoms with E-state index in [0.29, 0.717) is 19.0 Å². The average Bonchev–Trinajstić information content (AvgIpc) is 2.54. The number of aromatic nitrogens is 2. The Balaban J connectivity index is 2.12. The van der Waals surface area contributed by atoms with Crippen LogP contribution < -0.4 is 16.0 Å². The van der Waals surface area contributed by atoms with Gasteiger partial charge in [0.05, 0.1) is 6.54 Å². The second-order valence-corrected chi connectivity index (χ2v) is 3.72. The third kappa shape index (κ3) is 2.46. The van der Waals surface area contributed by atoms with Gasteiger partial charge in [-0.25, -0.2) is 9.97 Å². The van der Waals surface area contributed by atoms with E-state index in [1.165, 1.54) is 0 Å². The fourth-order valence-corrected chi connectivity index (χ4v) is 1.59. The van der Waals surface area contributed by atoms with Crippen molar-refractivity contribution >= 4 is 11.9 Å². The van der Waals surface area contributed by atoms with Crippen molar-refractivity contribution in [2.24, 2.45) is 5.73 Å². The van der Waals surface area contributed by atoms with E-state index in [2.05, 4.69) is 15.3 Å². The Kier molecular flexibility index (Phi) is 3.31. The highest BCUT2D eigenvalue weighted by Crippen LogP contribution is 2.08. The van der Waals surface area contributed by atoms with Gasteiger partial charge in [-0.05, 0) is 6.42 Å². The Labute approximate surface area is 93.9 Å². The molecule has 2 heterocycles. The second kappa shape index (κ2) is 4.89. The highest BCUT2D eigenvalue weighted by atomic mass is 16.2. The van der Waals surface area contributed by atoms with Crippen molar-refractivity contribution < 1.29 is 4.79 Å². The van der Waals surface area contributed by atoms with Crippen LogP contribution in [-0.2, 0) is 11.3 Å². The van der Waals surface area contributed by atoms with Crippen LogP contribution in [0.25, 0.3) is 0 Å². The van der Waals surface area contributed by atoms with E-state index in [9.17, 15) is 4.79 Å². The van der Waals surface area contributed by atoms with Crippen molar-refractivity contribution in [3.63, 3.8) is 0 Å². The van der Waals surface area contributed by atoms with Gasteiger partial charge < -0.3 is 16.0 Å². The molecular weight excluding hydrogens is 206 g/mol. The summed E-state index contributed by atoms with van der Waals surface area (Å²) in [6.45, 7) is 2.26. The summed E-state index contributed by atoms with van der Waals surface area (Å²) < 4.78 is 0. The Morgan fingerprint density at radius 3 is 2.88 bits per heavy atom. The van der Waals surface area contributed by atoms with Crippen LogP contribution in [0.2, 0.25) is 0 Å². The molecule has 1 fully saturated rings. The van der Waals surface area contributed by atoms with Crippen LogP contribution >= 0.6 is 0 Å². The van der Waals surface area contributed by atoms with Gasteiger partial charge in [0.15, 0.2) is 0 Å². The predicted molar refractivity (Wildman–Crippen MR) is 59.8 cm³/mol. The summed E-state index contributed by atoms with van der Waals surface area (Å²) in [7, 11) is 0. The molecule has 2 rings (SSSR count). The molecule has 6 heteroatoms. The first-order chi connectivity index (χ1) is 7.79. The number of amides is 1. The Morgan fingerprint density at radius 1 is 1.44 bits per heavy atom. The number of nitrogens with two attached hydrogens (primary N) is 1. The van der Waals surface area contributed by atoms with Crippen LogP contribution in [-0.4, -0.2) is 35.5 Å². The number of carbonyl (C=O) groups excluding carboxylic acids is 1. The molecule has 1 aromatic rings. The molecule has 1 aliphatic heterocycles. The maximum Gasteiger partial charge on any atom is 0.239 e. The van der Waals surface area contributed by atoms with Gasteiger partial charge >= 0.3 is 0 Å². The van der Waals surface area contributed by atoms with Gasteiger partial charge in [-0.15, -0.1) is 0 Å². The predicted octanol–water partition coefficient (Wildman–Crippen LogP) is -0.738. The average molecular weight is 221 g/mol. The normalized spacial score (nSPS) is 16.8. The minimum Gasteiger partial charge on any atom is -0.354 e. The molecule has 16 heavy (non-hydrogen) atoms. The van der Waals surface area contributed by atoms with E-state index >= 15 is 0 Å². The molecule has 0 spiro atoms. The van der Waals surface area contributed by atoms with E-state index in [-0.39, 0.29) is 5.91 Å². The summed E-state index contributed by atoms with van der Waals surface area (Å²) in [5.74, 6) is 0.609. The topological polar surface area (TPSA) is 84.1 Å². The lowest BCUT2D eigenvalue weighted by Gasteiger charge is -2.18. The molecule has 1 saturated heterocycles. The molecule has 0 saturated carbocycles. The van der Waals surface area contributed by atoms with Crippen LogP contribution in [0.1, 0.15) is 12.0 Å². The number of anilines is 1. The van der Waals surface area contributed by atoms with E-state index in [0.717, 1.165) is 25.1 Å². The first-order valence-corrected chi connectivity index (χ1v) is 5.32. The van der Waals surface area contributed by atoms with Gasteiger partial charge in [-0.2, -0.15) is 0 Å². The van der Waals surface area contributed by atoms with E-state index in [1.807, 2.05) is 4.90 Å². The van der Waals surface area contributed by atoms with E-state index in [1.54, 1.807) is 12.4 Å². The zero-order valence-corrected chi connectivity index (χ0v) is 9.02.